The quantitative estimate of drug-likeness (QED) is 0.644. The summed E-state index contributed by atoms with van der Waals surface area (Å²) in [5.74, 6) is 0. The summed E-state index contributed by atoms with van der Waals surface area (Å²) in [7, 11) is 0. The van der Waals surface area contributed by atoms with Crippen LogP contribution in [0.25, 0.3) is 11.1 Å². The fourth-order valence-corrected chi connectivity index (χ4v) is 4.00. The Morgan fingerprint density at radius 1 is 0.900 bits per heavy atom. The molecule has 0 aromatic heterocycles. The van der Waals surface area contributed by atoms with Gasteiger partial charge in [0.05, 0.1) is 16.3 Å². The van der Waals surface area contributed by atoms with E-state index in [1.165, 1.54) is 16.7 Å². The van der Waals surface area contributed by atoms with Gasteiger partial charge in [0.2, 0.25) is 0 Å². The number of hydrogen-bond acceptors (Lipinski definition) is 4. The second-order valence-electron chi connectivity index (χ2n) is 4.47. The molecule has 0 unspecified atom stereocenters. The molecule has 2 rings (SSSR count). The SMILES string of the molecule is CCc1c(N)c(SC)c(N)c(SC)c1-c1ccccc1. The molecule has 20 heavy (non-hydrogen) atoms. The van der Waals surface area contributed by atoms with E-state index in [1.54, 1.807) is 23.5 Å². The molecule has 0 heterocycles. The molecule has 2 aromatic carbocycles. The summed E-state index contributed by atoms with van der Waals surface area (Å²) in [6.45, 7) is 2.14. The van der Waals surface area contributed by atoms with Gasteiger partial charge >= 0.3 is 0 Å². The van der Waals surface area contributed by atoms with E-state index in [9.17, 15) is 0 Å². The zero-order valence-electron chi connectivity index (χ0n) is 12.1. The molecule has 106 valence electrons. The van der Waals surface area contributed by atoms with Crippen LogP contribution in [0.3, 0.4) is 0 Å². The number of nitrogens with two attached hydrogens (primary N) is 2. The number of hydrogen-bond donors (Lipinski definition) is 2. The normalized spacial score (nSPS) is 10.8. The van der Waals surface area contributed by atoms with E-state index in [-0.39, 0.29) is 0 Å². The molecule has 4 heteroatoms. The predicted octanol–water partition coefficient (Wildman–Crippen LogP) is 4.52. The minimum atomic E-state index is 0.804. The van der Waals surface area contributed by atoms with Gasteiger partial charge in [-0.05, 0) is 30.1 Å². The van der Waals surface area contributed by atoms with Crippen molar-refractivity contribution in [3.8, 4) is 11.1 Å². The number of nitrogen functional groups attached to an aromatic ring is 2. The average Bonchev–Trinajstić information content (AvgIpc) is 2.48. The third-order valence-corrected chi connectivity index (χ3v) is 5.09. The third-order valence-electron chi connectivity index (χ3n) is 3.41. The predicted molar refractivity (Wildman–Crippen MR) is 93.6 cm³/mol. The fraction of sp³-hybridized carbons (Fsp3) is 0.250. The third kappa shape index (κ3) is 2.50. The Morgan fingerprint density at radius 2 is 1.50 bits per heavy atom. The maximum Gasteiger partial charge on any atom is 0.0617 e. The van der Waals surface area contributed by atoms with Crippen LogP contribution in [0.2, 0.25) is 0 Å². The molecular formula is C16H20N2S2. The lowest BCUT2D eigenvalue weighted by atomic mass is 9.95. The van der Waals surface area contributed by atoms with E-state index in [4.69, 9.17) is 11.5 Å². The van der Waals surface area contributed by atoms with Crippen molar-refractivity contribution < 1.29 is 0 Å². The highest BCUT2D eigenvalue weighted by Crippen LogP contribution is 2.46. The van der Waals surface area contributed by atoms with E-state index in [1.807, 2.05) is 24.5 Å². The second kappa shape index (κ2) is 6.46. The van der Waals surface area contributed by atoms with Crippen molar-refractivity contribution in [2.75, 3.05) is 24.0 Å². The van der Waals surface area contributed by atoms with Gasteiger partial charge in [0.1, 0.15) is 0 Å². The van der Waals surface area contributed by atoms with Crippen LogP contribution < -0.4 is 11.5 Å². The molecule has 0 aliphatic heterocycles. The Hall–Kier alpha value is -1.26. The first kappa shape index (κ1) is 15.1. The van der Waals surface area contributed by atoms with E-state index in [0.29, 0.717) is 0 Å². The lowest BCUT2D eigenvalue weighted by molar-refractivity contribution is 1.11. The van der Waals surface area contributed by atoms with E-state index >= 15 is 0 Å². The Balaban J connectivity index is 2.85. The van der Waals surface area contributed by atoms with Crippen LogP contribution in [-0.4, -0.2) is 12.5 Å². The van der Waals surface area contributed by atoms with Crippen molar-refractivity contribution >= 4 is 34.9 Å². The molecule has 0 fully saturated rings. The van der Waals surface area contributed by atoms with Crippen LogP contribution >= 0.6 is 23.5 Å². The van der Waals surface area contributed by atoms with Crippen LogP contribution in [0.15, 0.2) is 40.1 Å². The van der Waals surface area contributed by atoms with Crippen LogP contribution in [0.4, 0.5) is 11.4 Å². The topological polar surface area (TPSA) is 52.0 Å². The molecule has 2 aromatic rings. The summed E-state index contributed by atoms with van der Waals surface area (Å²) in [4.78, 5) is 2.14. The molecule has 0 amide bonds. The van der Waals surface area contributed by atoms with Gasteiger partial charge in [-0.25, -0.2) is 0 Å². The summed E-state index contributed by atoms with van der Waals surface area (Å²) in [5.41, 5.74) is 17.9. The van der Waals surface area contributed by atoms with Crippen LogP contribution in [-0.2, 0) is 6.42 Å². The lowest BCUT2D eigenvalue weighted by Crippen LogP contribution is -2.05. The first-order valence-electron chi connectivity index (χ1n) is 6.52. The van der Waals surface area contributed by atoms with Gasteiger partial charge < -0.3 is 11.5 Å². The fourth-order valence-electron chi connectivity index (χ4n) is 2.50. The number of thioether (sulfide) groups is 2. The van der Waals surface area contributed by atoms with Gasteiger partial charge in [-0.2, -0.15) is 0 Å². The van der Waals surface area contributed by atoms with E-state index in [2.05, 4.69) is 25.3 Å². The first-order chi connectivity index (χ1) is 9.65. The lowest BCUT2D eigenvalue weighted by Gasteiger charge is -2.21. The summed E-state index contributed by atoms with van der Waals surface area (Å²) in [6.07, 6.45) is 4.99. The summed E-state index contributed by atoms with van der Waals surface area (Å²) < 4.78 is 0. The van der Waals surface area contributed by atoms with Crippen molar-refractivity contribution in [2.45, 2.75) is 23.1 Å². The molecule has 0 bridgehead atoms. The van der Waals surface area contributed by atoms with Crippen LogP contribution in [0, 0.1) is 0 Å². The van der Waals surface area contributed by atoms with Crippen molar-refractivity contribution in [1.82, 2.24) is 0 Å². The molecule has 0 aliphatic rings. The zero-order valence-corrected chi connectivity index (χ0v) is 13.7. The van der Waals surface area contributed by atoms with E-state index in [0.717, 1.165) is 27.6 Å². The Bertz CT molecular complexity index is 579. The highest BCUT2D eigenvalue weighted by Gasteiger charge is 2.20. The molecule has 0 radical (unpaired) electrons. The number of rotatable bonds is 4. The van der Waals surface area contributed by atoms with Gasteiger partial charge in [-0.1, -0.05) is 37.3 Å². The van der Waals surface area contributed by atoms with Gasteiger partial charge in [-0.15, -0.1) is 23.5 Å². The van der Waals surface area contributed by atoms with Crippen molar-refractivity contribution in [2.24, 2.45) is 0 Å². The van der Waals surface area contributed by atoms with E-state index < -0.39 is 0 Å². The second-order valence-corrected chi connectivity index (χ2v) is 6.10. The Kier molecular flexibility index (Phi) is 4.89. The molecular weight excluding hydrogens is 284 g/mol. The Morgan fingerprint density at radius 3 is 2.00 bits per heavy atom. The maximum absolute atomic E-state index is 6.36. The van der Waals surface area contributed by atoms with Gasteiger partial charge in [0, 0.05) is 10.5 Å². The highest BCUT2D eigenvalue weighted by atomic mass is 32.2. The average molecular weight is 304 g/mol. The van der Waals surface area contributed by atoms with Crippen molar-refractivity contribution in [1.29, 1.82) is 0 Å². The summed E-state index contributed by atoms with van der Waals surface area (Å²) in [6, 6.07) is 10.4. The molecule has 4 N–H and O–H groups in total. The largest absolute Gasteiger partial charge is 0.398 e. The minimum absolute atomic E-state index is 0.804. The minimum Gasteiger partial charge on any atom is -0.398 e. The van der Waals surface area contributed by atoms with Crippen molar-refractivity contribution in [3.05, 3.63) is 35.9 Å². The van der Waals surface area contributed by atoms with Gasteiger partial charge in [0.15, 0.2) is 0 Å². The smallest absolute Gasteiger partial charge is 0.0617 e. The van der Waals surface area contributed by atoms with Gasteiger partial charge in [0.25, 0.3) is 0 Å². The van der Waals surface area contributed by atoms with Crippen LogP contribution in [0.5, 0.6) is 0 Å². The number of anilines is 2. The summed E-state index contributed by atoms with van der Waals surface area (Å²) in [5, 5.41) is 0. The molecule has 0 aliphatic carbocycles. The van der Waals surface area contributed by atoms with Crippen LogP contribution in [0.1, 0.15) is 12.5 Å². The van der Waals surface area contributed by atoms with Crippen molar-refractivity contribution in [3.63, 3.8) is 0 Å². The first-order valence-corrected chi connectivity index (χ1v) is 8.97. The molecule has 0 spiro atoms. The molecule has 0 atom stereocenters. The Labute approximate surface area is 129 Å². The van der Waals surface area contributed by atoms with Gasteiger partial charge in [-0.3, -0.25) is 0 Å². The zero-order chi connectivity index (χ0) is 14.7. The standard InChI is InChI=1S/C16H20N2S2/c1-4-11-12(10-8-6-5-7-9-10)15(19-2)14(18)16(20-3)13(11)17/h5-9H,4,17-18H2,1-3H3. The molecule has 0 saturated heterocycles. The highest BCUT2D eigenvalue weighted by molar-refractivity contribution is 7.99. The number of benzene rings is 2. The monoisotopic (exact) mass is 304 g/mol. The maximum atomic E-state index is 6.36. The molecule has 0 saturated carbocycles. The summed E-state index contributed by atoms with van der Waals surface area (Å²) >= 11 is 3.31. The molecule has 2 nitrogen and oxygen atoms in total.